The predicted octanol–water partition coefficient (Wildman–Crippen LogP) is 7.54. The Morgan fingerprint density at radius 3 is 2.29 bits per heavy atom. The molecule has 1 aliphatic rings. The Morgan fingerprint density at radius 2 is 1.53 bits per heavy atom. The van der Waals surface area contributed by atoms with Crippen LogP contribution < -0.4 is 9.47 Å². The fraction of sp³-hybridized carbons (Fsp3) is 0.344. The van der Waals surface area contributed by atoms with E-state index in [4.69, 9.17) is 26.1 Å². The highest BCUT2D eigenvalue weighted by Crippen LogP contribution is 2.32. The van der Waals surface area contributed by atoms with Crippen LogP contribution in [0.3, 0.4) is 0 Å². The van der Waals surface area contributed by atoms with Crippen LogP contribution in [-0.4, -0.2) is 27.7 Å². The highest BCUT2D eigenvalue weighted by atomic mass is 35.5. The molecule has 0 saturated carbocycles. The van der Waals surface area contributed by atoms with Crippen LogP contribution >= 0.6 is 11.6 Å². The van der Waals surface area contributed by atoms with Crippen LogP contribution in [0, 0.1) is 0 Å². The first-order valence-electron chi connectivity index (χ1n) is 13.6. The molecular formula is C32H36ClN3O2. The quantitative estimate of drug-likeness (QED) is 0.201. The van der Waals surface area contributed by atoms with Crippen molar-refractivity contribution >= 4 is 11.6 Å². The molecule has 0 unspecified atom stereocenters. The van der Waals surface area contributed by atoms with E-state index in [2.05, 4.69) is 71.8 Å². The van der Waals surface area contributed by atoms with E-state index < -0.39 is 0 Å². The van der Waals surface area contributed by atoms with Crippen LogP contribution in [0.25, 0.3) is 11.4 Å². The molecule has 5 nitrogen and oxygen atoms in total. The van der Waals surface area contributed by atoms with Crippen molar-refractivity contribution in [2.75, 3.05) is 13.2 Å². The van der Waals surface area contributed by atoms with Gasteiger partial charge in [-0.3, -0.25) is 4.90 Å². The van der Waals surface area contributed by atoms with E-state index in [1.807, 2.05) is 24.3 Å². The molecule has 0 spiro atoms. The maximum Gasteiger partial charge on any atom is 0.161 e. The van der Waals surface area contributed by atoms with Gasteiger partial charge in [-0.25, -0.2) is 4.98 Å². The Labute approximate surface area is 231 Å². The Balaban J connectivity index is 1.48. The average Bonchev–Trinajstić information content (AvgIpc) is 3.24. The minimum absolute atomic E-state index is 0.573. The van der Waals surface area contributed by atoms with E-state index >= 15 is 0 Å². The summed E-state index contributed by atoms with van der Waals surface area (Å²) < 4.78 is 13.9. The fourth-order valence-electron chi connectivity index (χ4n) is 5.13. The van der Waals surface area contributed by atoms with Crippen LogP contribution in [0.1, 0.15) is 49.1 Å². The standard InChI is InChI=1S/C32H36ClN3O2/c1-3-9-24-10-8-11-25(19-24)21-35(22-26-14-15-29-30(20-26)38-18-17-37-29)23-28-31(33)34-32(36(28)16-4-2)27-12-6-5-7-13-27/h5-8,10-15,19-20H,3-4,9,16-18,21-23H2,1-2H3. The first kappa shape index (κ1) is 26.3. The highest BCUT2D eigenvalue weighted by Gasteiger charge is 2.21. The minimum Gasteiger partial charge on any atom is -0.486 e. The summed E-state index contributed by atoms with van der Waals surface area (Å²) in [6.45, 7) is 8.70. The fourth-order valence-corrected chi connectivity index (χ4v) is 5.38. The first-order chi connectivity index (χ1) is 18.6. The SMILES string of the molecule is CCCc1cccc(CN(Cc2ccc3c(c2)OCCO3)Cc2c(Cl)nc(-c3ccccc3)n2CCC)c1. The van der Waals surface area contributed by atoms with Crippen molar-refractivity contribution in [2.24, 2.45) is 0 Å². The molecule has 1 aromatic heterocycles. The molecule has 0 radical (unpaired) electrons. The summed E-state index contributed by atoms with van der Waals surface area (Å²) >= 11 is 6.85. The smallest absolute Gasteiger partial charge is 0.161 e. The summed E-state index contributed by atoms with van der Waals surface area (Å²) in [7, 11) is 0. The van der Waals surface area contributed by atoms with E-state index in [1.54, 1.807) is 0 Å². The Bertz CT molecular complexity index is 1350. The number of imidazole rings is 1. The number of halogens is 1. The Hall–Kier alpha value is -3.28. The number of fused-ring (bicyclic) bond motifs is 1. The van der Waals surface area contributed by atoms with Crippen molar-refractivity contribution in [3.8, 4) is 22.9 Å². The number of benzene rings is 3. The van der Waals surface area contributed by atoms with Crippen molar-refractivity contribution in [1.29, 1.82) is 0 Å². The van der Waals surface area contributed by atoms with Gasteiger partial charge in [-0.05, 0) is 41.7 Å². The third-order valence-corrected chi connectivity index (χ3v) is 7.13. The van der Waals surface area contributed by atoms with Gasteiger partial charge in [-0.1, -0.05) is 92.5 Å². The molecule has 38 heavy (non-hydrogen) atoms. The van der Waals surface area contributed by atoms with Crippen LogP contribution in [0.2, 0.25) is 5.15 Å². The van der Waals surface area contributed by atoms with Crippen LogP contribution in [0.4, 0.5) is 0 Å². The van der Waals surface area contributed by atoms with Gasteiger partial charge >= 0.3 is 0 Å². The van der Waals surface area contributed by atoms with Gasteiger partial charge in [-0.2, -0.15) is 0 Å². The number of hydrogen-bond acceptors (Lipinski definition) is 4. The maximum absolute atomic E-state index is 6.85. The summed E-state index contributed by atoms with van der Waals surface area (Å²) in [4.78, 5) is 7.27. The van der Waals surface area contributed by atoms with Gasteiger partial charge in [0.1, 0.15) is 19.0 Å². The zero-order valence-corrected chi connectivity index (χ0v) is 23.1. The van der Waals surface area contributed by atoms with Crippen molar-refractivity contribution < 1.29 is 9.47 Å². The van der Waals surface area contributed by atoms with Crippen molar-refractivity contribution in [3.05, 3.63) is 100 Å². The summed E-state index contributed by atoms with van der Waals surface area (Å²) in [5.74, 6) is 2.56. The molecule has 0 aliphatic carbocycles. The molecule has 2 heterocycles. The second kappa shape index (κ2) is 12.5. The van der Waals surface area contributed by atoms with Crippen LogP contribution in [0.15, 0.2) is 72.8 Å². The zero-order chi connectivity index (χ0) is 26.3. The number of hydrogen-bond donors (Lipinski definition) is 0. The molecule has 3 aromatic carbocycles. The lowest BCUT2D eigenvalue weighted by molar-refractivity contribution is 0.170. The molecular weight excluding hydrogens is 494 g/mol. The van der Waals surface area contributed by atoms with E-state index in [9.17, 15) is 0 Å². The number of rotatable bonds is 11. The van der Waals surface area contributed by atoms with E-state index in [-0.39, 0.29) is 0 Å². The van der Waals surface area contributed by atoms with Gasteiger partial charge in [0.15, 0.2) is 16.7 Å². The lowest BCUT2D eigenvalue weighted by Gasteiger charge is -2.25. The Morgan fingerprint density at radius 1 is 0.789 bits per heavy atom. The maximum atomic E-state index is 6.85. The second-order valence-corrected chi connectivity index (χ2v) is 10.2. The number of aryl methyl sites for hydroxylation is 1. The average molecular weight is 530 g/mol. The second-order valence-electron chi connectivity index (χ2n) is 9.88. The van der Waals surface area contributed by atoms with E-state index in [1.165, 1.54) is 16.7 Å². The molecule has 6 heteroatoms. The van der Waals surface area contributed by atoms with Crippen molar-refractivity contribution in [3.63, 3.8) is 0 Å². The van der Waals surface area contributed by atoms with E-state index in [0.29, 0.717) is 24.9 Å². The molecule has 0 N–H and O–H groups in total. The molecule has 0 amide bonds. The zero-order valence-electron chi connectivity index (χ0n) is 22.3. The number of nitrogens with zero attached hydrogens (tertiary/aromatic N) is 3. The topological polar surface area (TPSA) is 39.5 Å². The molecule has 0 atom stereocenters. The molecule has 4 aromatic rings. The lowest BCUT2D eigenvalue weighted by Crippen LogP contribution is -2.25. The van der Waals surface area contributed by atoms with Gasteiger partial charge in [-0.15, -0.1) is 0 Å². The van der Waals surface area contributed by atoms with Crippen LogP contribution in [-0.2, 0) is 32.6 Å². The summed E-state index contributed by atoms with van der Waals surface area (Å²) in [5.41, 5.74) is 5.99. The largest absolute Gasteiger partial charge is 0.486 e. The van der Waals surface area contributed by atoms with Gasteiger partial charge in [0.25, 0.3) is 0 Å². The van der Waals surface area contributed by atoms with Gasteiger partial charge < -0.3 is 14.0 Å². The van der Waals surface area contributed by atoms with Gasteiger partial charge in [0, 0.05) is 31.7 Å². The van der Waals surface area contributed by atoms with Gasteiger partial charge in [0.2, 0.25) is 0 Å². The monoisotopic (exact) mass is 529 g/mol. The highest BCUT2D eigenvalue weighted by molar-refractivity contribution is 6.30. The molecule has 0 fully saturated rings. The lowest BCUT2D eigenvalue weighted by atomic mass is 10.1. The van der Waals surface area contributed by atoms with Crippen LogP contribution in [0.5, 0.6) is 11.5 Å². The number of ether oxygens (including phenoxy) is 2. The normalized spacial score (nSPS) is 12.7. The molecule has 5 rings (SSSR count). The third-order valence-electron chi connectivity index (χ3n) is 6.83. The summed E-state index contributed by atoms with van der Waals surface area (Å²) in [5, 5.41) is 0.573. The molecule has 0 saturated heterocycles. The van der Waals surface area contributed by atoms with Crippen molar-refractivity contribution in [2.45, 2.75) is 59.3 Å². The van der Waals surface area contributed by atoms with Crippen molar-refractivity contribution in [1.82, 2.24) is 14.5 Å². The minimum atomic E-state index is 0.573. The molecule has 198 valence electrons. The predicted molar refractivity (Wildman–Crippen MR) is 154 cm³/mol. The number of aromatic nitrogens is 2. The molecule has 1 aliphatic heterocycles. The summed E-state index contributed by atoms with van der Waals surface area (Å²) in [6.07, 6.45) is 3.23. The molecule has 0 bridgehead atoms. The van der Waals surface area contributed by atoms with E-state index in [0.717, 1.165) is 67.5 Å². The first-order valence-corrected chi connectivity index (χ1v) is 14.0. The third kappa shape index (κ3) is 6.23. The Kier molecular flexibility index (Phi) is 8.67. The summed E-state index contributed by atoms with van der Waals surface area (Å²) in [6, 6.07) is 25.5. The van der Waals surface area contributed by atoms with Gasteiger partial charge in [0.05, 0.1) is 5.69 Å².